The predicted octanol–water partition coefficient (Wildman–Crippen LogP) is 28.4. The van der Waals surface area contributed by atoms with E-state index in [0.29, 0.717) is 0 Å². The molecule has 0 aliphatic carbocycles. The fourth-order valence-electron chi connectivity index (χ4n) is 1.15. The Labute approximate surface area is 456 Å². The highest BCUT2D eigenvalue weighted by molar-refractivity contribution is 4.47. The lowest BCUT2D eigenvalue weighted by Gasteiger charge is -2.05. The van der Waals surface area contributed by atoms with Crippen molar-refractivity contribution < 1.29 is 0 Å². The second kappa shape index (κ2) is 105. The third-order valence-electron chi connectivity index (χ3n) is 6.53. The van der Waals surface area contributed by atoms with Crippen LogP contribution in [0, 0.1) is 88.8 Å². The Morgan fingerprint density at radius 2 is 0.261 bits per heavy atom. The zero-order valence-electron chi connectivity index (χ0n) is 60.0. The monoisotopic (exact) mass is 997 g/mol. The Morgan fingerprint density at radius 3 is 0.261 bits per heavy atom. The molecular formula is C69H168. The highest BCUT2D eigenvalue weighted by atomic mass is 14.0. The maximum atomic E-state index is 2.25. The van der Waals surface area contributed by atoms with Crippen LogP contribution in [-0.4, -0.2) is 0 Å². The zero-order valence-corrected chi connectivity index (χ0v) is 60.0. The van der Waals surface area contributed by atoms with E-state index < -0.39 is 0 Å². The molecule has 0 aromatic carbocycles. The minimum absolute atomic E-state index is 0.833. The van der Waals surface area contributed by atoms with E-state index in [1.54, 1.807) is 0 Å². The molecule has 0 radical (unpaired) electrons. The van der Waals surface area contributed by atoms with E-state index in [-0.39, 0.29) is 0 Å². The molecule has 0 saturated carbocycles. The zero-order chi connectivity index (χ0) is 60.0. The van der Waals surface area contributed by atoms with Crippen molar-refractivity contribution in [2.75, 3.05) is 0 Å². The molecule has 0 atom stereocenters. The Hall–Kier alpha value is 0. The maximum absolute atomic E-state index is 2.25. The van der Waals surface area contributed by atoms with Crippen molar-refractivity contribution >= 4 is 0 Å². The third-order valence-corrected chi connectivity index (χ3v) is 6.53. The van der Waals surface area contributed by atoms with Crippen molar-refractivity contribution in [3.63, 3.8) is 0 Å². The molecule has 0 unspecified atom stereocenters. The van der Waals surface area contributed by atoms with Crippen LogP contribution in [0.2, 0.25) is 0 Å². The molecule has 0 aliphatic rings. The molecule has 0 amide bonds. The molecule has 0 saturated heterocycles. The predicted molar refractivity (Wildman–Crippen MR) is 349 cm³/mol. The molecule has 0 aromatic rings. The van der Waals surface area contributed by atoms with Crippen LogP contribution in [0.3, 0.4) is 0 Å². The van der Waals surface area contributed by atoms with Gasteiger partial charge in [0.2, 0.25) is 0 Å². The Balaban J connectivity index is -0.0000000350. The van der Waals surface area contributed by atoms with E-state index >= 15 is 0 Å². The van der Waals surface area contributed by atoms with Gasteiger partial charge in [-0.1, -0.05) is 369 Å². The minimum Gasteiger partial charge on any atom is -0.0656 e. The topological polar surface area (TPSA) is 0 Å². The van der Waals surface area contributed by atoms with Gasteiger partial charge in [-0.3, -0.25) is 0 Å². The number of hydrogen-bond donors (Lipinski definition) is 0. The largest absolute Gasteiger partial charge is 0.0656 e. The van der Waals surface area contributed by atoms with Crippen molar-refractivity contribution in [3.8, 4) is 0 Å². The number of rotatable bonds is 9. The van der Waals surface area contributed by atoms with Crippen LogP contribution < -0.4 is 0 Å². The molecule has 0 heterocycles. The summed E-state index contributed by atoms with van der Waals surface area (Å²) in [6, 6.07) is 0. The SMILES string of the molecule is CC(C)C.CC(C)C.CC(C)C.CC(C)C.CC(C)C.CC(C)C.CC(C)C.CC(C)C(C)C.CC(C)C(C)C.CCC.CCC(C)C.CCC(C)C.CCCC.CCCC(C)C.CCCC(C)C. The Bertz CT molecular complexity index is 469. The van der Waals surface area contributed by atoms with Crippen molar-refractivity contribution in [1.29, 1.82) is 0 Å². The van der Waals surface area contributed by atoms with Crippen LogP contribution in [0.15, 0.2) is 0 Å². The number of unbranched alkanes of at least 4 members (excludes halogenated alkanes) is 1. The van der Waals surface area contributed by atoms with E-state index in [1.807, 2.05) is 0 Å². The summed E-state index contributed by atoms with van der Waals surface area (Å²) < 4.78 is 0. The van der Waals surface area contributed by atoms with Gasteiger partial charge in [-0.2, -0.15) is 0 Å². The van der Waals surface area contributed by atoms with Crippen molar-refractivity contribution in [3.05, 3.63) is 0 Å². The highest BCUT2D eigenvalue weighted by Crippen LogP contribution is 2.06. The molecule has 0 fully saturated rings. The van der Waals surface area contributed by atoms with Crippen LogP contribution in [-0.2, 0) is 0 Å². The lowest BCUT2D eigenvalue weighted by molar-refractivity contribution is 0.457. The summed E-state index contributed by atoms with van der Waals surface area (Å²) in [7, 11) is 0. The second-order valence-corrected chi connectivity index (χ2v) is 26.8. The van der Waals surface area contributed by atoms with E-state index in [2.05, 4.69) is 312 Å². The van der Waals surface area contributed by atoms with Crippen molar-refractivity contribution in [2.45, 2.75) is 369 Å². The molecule has 0 spiro atoms. The van der Waals surface area contributed by atoms with Crippen LogP contribution in [0.4, 0.5) is 0 Å². The standard InChI is InChI=1S/4C6H14.2C5H12.8C4H10.C3H8/c2*1-5(2)6(3)4;2*1-4-5-6(2)3;2*1-4-5(2)3;7*1-4(2)3;1-3-4-2;1-3-2/h2*5-6H,1-4H3;2*6H,4-5H2,1-3H3;2*5H,4H2,1-3H3;7*4H,1-3H3;3-4H2,1-2H3;3H2,1-2H3. The fraction of sp³-hybridized carbons (Fsp3) is 1.00. The van der Waals surface area contributed by atoms with Gasteiger partial charge >= 0.3 is 0 Å². The maximum Gasteiger partial charge on any atom is -0.0448 e. The average molecular weight is 998 g/mol. The molecule has 0 nitrogen and oxygen atoms in total. The van der Waals surface area contributed by atoms with E-state index in [1.165, 1.54) is 57.8 Å². The van der Waals surface area contributed by atoms with Gasteiger partial charge in [0.1, 0.15) is 0 Å². The summed E-state index contributed by atoms with van der Waals surface area (Å²) in [4.78, 5) is 0. The second-order valence-electron chi connectivity index (χ2n) is 26.8. The quantitative estimate of drug-likeness (QED) is 0.216. The van der Waals surface area contributed by atoms with E-state index in [0.717, 1.165) is 88.8 Å². The van der Waals surface area contributed by atoms with Gasteiger partial charge in [0.05, 0.1) is 0 Å². The average Bonchev–Trinajstić information content (AvgIpc) is 3.11. The molecule has 0 aliphatic heterocycles. The van der Waals surface area contributed by atoms with E-state index in [4.69, 9.17) is 0 Å². The minimum atomic E-state index is 0.833. The smallest absolute Gasteiger partial charge is 0.0448 e. The van der Waals surface area contributed by atoms with Crippen LogP contribution in [0.1, 0.15) is 369 Å². The van der Waals surface area contributed by atoms with Gasteiger partial charge in [0, 0.05) is 0 Å². The molecule has 0 heteroatoms. The third kappa shape index (κ3) is 821. The van der Waals surface area contributed by atoms with Crippen molar-refractivity contribution in [1.82, 2.24) is 0 Å². The molecule has 0 aromatic heterocycles. The van der Waals surface area contributed by atoms with Crippen LogP contribution in [0.25, 0.3) is 0 Å². The van der Waals surface area contributed by atoms with Gasteiger partial charge in [-0.25, -0.2) is 0 Å². The molecule has 0 bridgehead atoms. The first kappa shape index (κ1) is 109. The van der Waals surface area contributed by atoms with Gasteiger partial charge in [0.15, 0.2) is 0 Å². The molecule has 444 valence electrons. The van der Waals surface area contributed by atoms with Gasteiger partial charge < -0.3 is 0 Å². The summed E-state index contributed by atoms with van der Waals surface area (Å²) in [5.41, 5.74) is 0. The molecule has 69 heavy (non-hydrogen) atoms. The van der Waals surface area contributed by atoms with Gasteiger partial charge in [-0.15, -0.1) is 0 Å². The first-order chi connectivity index (χ1) is 30.8. The lowest BCUT2D eigenvalue weighted by atomic mass is 10.0. The Morgan fingerprint density at radius 1 is 0.174 bits per heavy atom. The highest BCUT2D eigenvalue weighted by Gasteiger charge is 1.96. The molecular weight excluding hydrogens is 829 g/mol. The number of hydrogen-bond acceptors (Lipinski definition) is 0. The van der Waals surface area contributed by atoms with Crippen LogP contribution in [0.5, 0.6) is 0 Å². The van der Waals surface area contributed by atoms with Gasteiger partial charge in [-0.05, 0) is 88.8 Å². The molecule has 0 rings (SSSR count). The van der Waals surface area contributed by atoms with E-state index in [9.17, 15) is 0 Å². The summed E-state index contributed by atoms with van der Waals surface area (Å²) >= 11 is 0. The summed E-state index contributed by atoms with van der Waals surface area (Å²) in [6.45, 7) is 98.8. The summed E-state index contributed by atoms with van der Waals surface area (Å²) in [5.74, 6) is 12.8. The Kier molecular flexibility index (Phi) is 166. The lowest BCUT2D eigenvalue weighted by Crippen LogP contribution is -1.95. The molecule has 0 N–H and O–H groups in total. The van der Waals surface area contributed by atoms with Gasteiger partial charge in [0.25, 0.3) is 0 Å². The summed E-state index contributed by atoms with van der Waals surface area (Å²) in [6.07, 6.45) is 11.9. The summed E-state index contributed by atoms with van der Waals surface area (Å²) in [5, 5.41) is 0. The first-order valence-corrected chi connectivity index (χ1v) is 30.8. The van der Waals surface area contributed by atoms with Crippen LogP contribution >= 0.6 is 0 Å². The fourth-order valence-corrected chi connectivity index (χ4v) is 1.15. The van der Waals surface area contributed by atoms with Crippen molar-refractivity contribution in [2.24, 2.45) is 88.8 Å². The first-order valence-electron chi connectivity index (χ1n) is 30.8. The normalized spacial score (nSPS) is 9.39.